The molecule has 24 heavy (non-hydrogen) atoms. The number of pyridine rings is 1. The van der Waals surface area contributed by atoms with E-state index in [1.807, 2.05) is 0 Å². The first-order chi connectivity index (χ1) is 11.3. The molecule has 0 amide bonds. The average molecular weight is 336 g/mol. The maximum absolute atomic E-state index is 2.29. The van der Waals surface area contributed by atoms with Crippen LogP contribution in [0.4, 0.5) is 0 Å². The monoisotopic (exact) mass is 335 g/mol. The Morgan fingerprint density at radius 3 is 1.42 bits per heavy atom. The molecular formula is C22H41NO. The molecule has 0 saturated carbocycles. The summed E-state index contributed by atoms with van der Waals surface area (Å²) in [5, 5.41) is 0. The van der Waals surface area contributed by atoms with Gasteiger partial charge in [-0.25, -0.2) is 4.57 Å². The van der Waals surface area contributed by atoms with E-state index in [1.54, 1.807) is 0 Å². The van der Waals surface area contributed by atoms with Gasteiger partial charge in [0.2, 0.25) is 0 Å². The Morgan fingerprint density at radius 2 is 1.00 bits per heavy atom. The molecule has 0 unspecified atom stereocenters. The van der Waals surface area contributed by atoms with Gasteiger partial charge in [-0.1, -0.05) is 90.4 Å². The van der Waals surface area contributed by atoms with Gasteiger partial charge in [0.15, 0.2) is 12.4 Å². The molecule has 1 aromatic heterocycles. The fourth-order valence-corrected chi connectivity index (χ4v) is 3.22. The van der Waals surface area contributed by atoms with E-state index in [1.165, 1.54) is 102 Å². The highest BCUT2D eigenvalue weighted by molar-refractivity contribution is 5.06. The van der Waals surface area contributed by atoms with Crippen LogP contribution in [0, 0.1) is 0 Å². The van der Waals surface area contributed by atoms with Crippen LogP contribution in [0.2, 0.25) is 0 Å². The molecule has 0 saturated heterocycles. The van der Waals surface area contributed by atoms with Crippen LogP contribution in [-0.2, 0) is 13.5 Å². The minimum absolute atomic E-state index is 0. The summed E-state index contributed by atoms with van der Waals surface area (Å²) < 4.78 is 2.11. The van der Waals surface area contributed by atoms with Crippen LogP contribution in [0.15, 0.2) is 24.5 Å². The van der Waals surface area contributed by atoms with Gasteiger partial charge in [0.25, 0.3) is 0 Å². The minimum atomic E-state index is 0. The fourth-order valence-electron chi connectivity index (χ4n) is 3.22. The van der Waals surface area contributed by atoms with Crippen LogP contribution >= 0.6 is 0 Å². The number of unbranched alkanes of at least 4 members (excludes halogenated alkanes) is 13. The van der Waals surface area contributed by atoms with Crippen LogP contribution in [-0.4, -0.2) is 5.48 Å². The molecule has 0 aliphatic rings. The molecular weight excluding hydrogens is 294 g/mol. The number of aryl methyl sites for hydroxylation is 2. The van der Waals surface area contributed by atoms with Crippen LogP contribution in [0.3, 0.4) is 0 Å². The van der Waals surface area contributed by atoms with Gasteiger partial charge >= 0.3 is 0 Å². The van der Waals surface area contributed by atoms with E-state index in [4.69, 9.17) is 0 Å². The van der Waals surface area contributed by atoms with E-state index >= 15 is 0 Å². The second-order valence-corrected chi connectivity index (χ2v) is 7.22. The van der Waals surface area contributed by atoms with Crippen LogP contribution in [0.5, 0.6) is 0 Å². The lowest BCUT2D eigenvalue weighted by Crippen LogP contribution is -2.25. The van der Waals surface area contributed by atoms with Gasteiger partial charge in [-0.05, 0) is 18.4 Å². The van der Waals surface area contributed by atoms with Gasteiger partial charge in [-0.15, -0.1) is 0 Å². The summed E-state index contributed by atoms with van der Waals surface area (Å²) in [4.78, 5) is 0. The standard InChI is InChI=1S/C22H40N.H2O/c1-3-4-5-6-7-8-9-10-11-12-13-14-15-16-17-22-18-20-23(2)21-19-22;/h18-21H,3-17H2,1-2H3;1H2/q+1;/p-1. The molecule has 1 heterocycles. The summed E-state index contributed by atoms with van der Waals surface area (Å²) in [6, 6.07) is 4.50. The minimum Gasteiger partial charge on any atom is -0.870 e. The SMILES string of the molecule is CCCCCCCCCCCCCCCCc1cc[n+](C)cc1.[OH-]. The normalized spacial score (nSPS) is 10.6. The van der Waals surface area contributed by atoms with Gasteiger partial charge in [-0.2, -0.15) is 0 Å². The third-order valence-corrected chi connectivity index (χ3v) is 4.87. The Bertz CT molecular complexity index is 361. The molecule has 0 radical (unpaired) electrons. The van der Waals surface area contributed by atoms with Crippen molar-refractivity contribution in [2.75, 3.05) is 0 Å². The predicted molar refractivity (Wildman–Crippen MR) is 104 cm³/mol. The van der Waals surface area contributed by atoms with Crippen molar-refractivity contribution in [3.8, 4) is 0 Å². The molecule has 140 valence electrons. The Hall–Kier alpha value is -0.890. The molecule has 0 spiro atoms. The Labute approximate surface area is 151 Å². The van der Waals surface area contributed by atoms with E-state index in [-0.39, 0.29) is 5.48 Å². The fraction of sp³-hybridized carbons (Fsp3) is 0.773. The van der Waals surface area contributed by atoms with E-state index < -0.39 is 0 Å². The van der Waals surface area contributed by atoms with E-state index in [9.17, 15) is 0 Å². The summed E-state index contributed by atoms with van der Waals surface area (Å²) in [5.74, 6) is 0. The van der Waals surface area contributed by atoms with Gasteiger partial charge in [0, 0.05) is 12.1 Å². The number of nitrogens with zero attached hydrogens (tertiary/aromatic N) is 1. The van der Waals surface area contributed by atoms with Crippen molar-refractivity contribution in [3.63, 3.8) is 0 Å². The Kier molecular flexibility index (Phi) is 16.3. The largest absolute Gasteiger partial charge is 0.870 e. The number of hydrogen-bond donors (Lipinski definition) is 0. The molecule has 0 aromatic carbocycles. The number of aromatic nitrogens is 1. The molecule has 1 rings (SSSR count). The predicted octanol–water partition coefficient (Wildman–Crippen LogP) is 6.36. The molecule has 0 aliphatic heterocycles. The zero-order chi connectivity index (χ0) is 16.6. The van der Waals surface area contributed by atoms with Gasteiger partial charge < -0.3 is 5.48 Å². The first-order valence-corrected chi connectivity index (χ1v) is 10.3. The highest BCUT2D eigenvalue weighted by Crippen LogP contribution is 2.13. The molecule has 0 aliphatic carbocycles. The van der Waals surface area contributed by atoms with E-state index in [0.29, 0.717) is 0 Å². The molecule has 1 N–H and O–H groups in total. The summed E-state index contributed by atoms with van der Waals surface area (Å²) in [5.41, 5.74) is 1.49. The lowest BCUT2D eigenvalue weighted by molar-refractivity contribution is -0.671. The van der Waals surface area contributed by atoms with Crippen molar-refractivity contribution in [1.82, 2.24) is 0 Å². The zero-order valence-corrected chi connectivity index (χ0v) is 16.3. The van der Waals surface area contributed by atoms with Crippen molar-refractivity contribution in [2.24, 2.45) is 7.05 Å². The van der Waals surface area contributed by atoms with Crippen LogP contribution in [0.1, 0.15) is 102 Å². The summed E-state index contributed by atoms with van der Waals surface area (Å²) >= 11 is 0. The number of rotatable bonds is 15. The number of hydrogen-bond acceptors (Lipinski definition) is 1. The summed E-state index contributed by atoms with van der Waals surface area (Å²) in [7, 11) is 2.08. The van der Waals surface area contributed by atoms with E-state index in [2.05, 4.69) is 43.1 Å². The highest BCUT2D eigenvalue weighted by atomic mass is 16.0. The Morgan fingerprint density at radius 1 is 0.625 bits per heavy atom. The quantitative estimate of drug-likeness (QED) is 0.271. The second kappa shape index (κ2) is 17.0. The molecule has 2 nitrogen and oxygen atoms in total. The molecule has 2 heteroatoms. The van der Waals surface area contributed by atoms with Gasteiger partial charge in [0.05, 0.1) is 0 Å². The maximum Gasteiger partial charge on any atom is 0.168 e. The zero-order valence-electron chi connectivity index (χ0n) is 16.3. The average Bonchev–Trinajstić information content (AvgIpc) is 2.57. The summed E-state index contributed by atoms with van der Waals surface area (Å²) in [6.07, 6.45) is 25.7. The van der Waals surface area contributed by atoms with Crippen molar-refractivity contribution in [2.45, 2.75) is 103 Å². The van der Waals surface area contributed by atoms with Crippen molar-refractivity contribution in [3.05, 3.63) is 30.1 Å². The topological polar surface area (TPSA) is 33.9 Å². The molecule has 1 aromatic rings. The molecule has 0 atom stereocenters. The van der Waals surface area contributed by atoms with Gasteiger partial charge in [-0.3, -0.25) is 0 Å². The third kappa shape index (κ3) is 13.5. The smallest absolute Gasteiger partial charge is 0.168 e. The van der Waals surface area contributed by atoms with Crippen molar-refractivity contribution in [1.29, 1.82) is 0 Å². The third-order valence-electron chi connectivity index (χ3n) is 4.87. The first kappa shape index (κ1) is 23.1. The summed E-state index contributed by atoms with van der Waals surface area (Å²) in [6.45, 7) is 2.29. The lowest BCUT2D eigenvalue weighted by Gasteiger charge is -2.03. The van der Waals surface area contributed by atoms with Crippen molar-refractivity contribution < 1.29 is 10.0 Å². The van der Waals surface area contributed by atoms with Crippen LogP contribution in [0.25, 0.3) is 0 Å². The highest BCUT2D eigenvalue weighted by Gasteiger charge is 1.97. The van der Waals surface area contributed by atoms with E-state index in [0.717, 1.165) is 0 Å². The van der Waals surface area contributed by atoms with Crippen LogP contribution < -0.4 is 4.57 Å². The molecule has 0 fully saturated rings. The van der Waals surface area contributed by atoms with Gasteiger partial charge in [0.1, 0.15) is 7.05 Å². The lowest BCUT2D eigenvalue weighted by atomic mass is 10.0. The first-order valence-electron chi connectivity index (χ1n) is 10.3. The second-order valence-electron chi connectivity index (χ2n) is 7.22. The maximum atomic E-state index is 2.29. The molecule has 0 bridgehead atoms. The Balaban J connectivity index is 0.00000529. The van der Waals surface area contributed by atoms with Crippen molar-refractivity contribution >= 4 is 0 Å².